The molecule has 0 spiro atoms. The first kappa shape index (κ1) is 28.1. The molecule has 1 unspecified atom stereocenters. The largest absolute Gasteiger partial charge is 0.503 e. The Morgan fingerprint density at radius 1 is 1.07 bits per heavy atom. The molecule has 0 bridgehead atoms. The molecular weight excluding hydrogens is 585 g/mol. The van der Waals surface area contributed by atoms with Gasteiger partial charge in [-0.1, -0.05) is 120 Å². The van der Waals surface area contributed by atoms with Gasteiger partial charge >= 0.3 is 0 Å². The van der Waals surface area contributed by atoms with E-state index in [0.29, 0.717) is 25.7 Å². The van der Waals surface area contributed by atoms with Gasteiger partial charge in [-0.2, -0.15) is 0 Å². The van der Waals surface area contributed by atoms with Crippen molar-refractivity contribution >= 4 is 69.2 Å². The quantitative estimate of drug-likeness (QED) is 0.118. The minimum Gasteiger partial charge on any atom is -0.503 e. The lowest BCUT2D eigenvalue weighted by molar-refractivity contribution is -0.117. The Morgan fingerprint density at radius 2 is 1.82 bits per heavy atom. The number of hydrogen-bond acceptors (Lipinski definition) is 7. The van der Waals surface area contributed by atoms with Gasteiger partial charge in [-0.15, -0.1) is 10.2 Å². The average Bonchev–Trinajstić information content (AvgIpc) is 3.53. The molecule has 1 N–H and O–H groups in total. The molecule has 10 heteroatoms. The highest BCUT2D eigenvalue weighted by molar-refractivity contribution is 8.00. The second kappa shape index (κ2) is 12.4. The number of benzene rings is 3. The van der Waals surface area contributed by atoms with E-state index < -0.39 is 23.5 Å². The number of aliphatic hydroxyl groups is 1. The maximum atomic E-state index is 13.4. The number of halogens is 2. The summed E-state index contributed by atoms with van der Waals surface area (Å²) in [5.41, 5.74) is 3.51. The first-order chi connectivity index (χ1) is 19.4. The minimum absolute atomic E-state index is 0.00113. The number of thioether (sulfide) groups is 1. The van der Waals surface area contributed by atoms with Gasteiger partial charge in [0.05, 0.1) is 11.6 Å². The van der Waals surface area contributed by atoms with Gasteiger partial charge in [0.2, 0.25) is 5.13 Å². The molecule has 202 valence electrons. The zero-order chi connectivity index (χ0) is 28.2. The van der Waals surface area contributed by atoms with Gasteiger partial charge in [-0.3, -0.25) is 14.5 Å². The van der Waals surface area contributed by atoms with Crippen molar-refractivity contribution in [3.63, 3.8) is 0 Å². The Kier molecular flexibility index (Phi) is 8.71. The van der Waals surface area contributed by atoms with Gasteiger partial charge in [0.15, 0.2) is 15.9 Å². The average molecular weight is 609 g/mol. The standard InChI is InChI=1S/C30H23Cl2N3O3S2/c1-2-18-8-11-20(12-9-18)26-25(24(36)15-10-19-6-4-3-5-7-19)27(37)28(38)35(26)29-33-34-30(40-29)39-17-21-13-14-22(31)16-23(21)32/h3-16,26,37H,2,17H2,1H3. The van der Waals surface area contributed by atoms with Gasteiger partial charge in [0.1, 0.15) is 0 Å². The van der Waals surface area contributed by atoms with Crippen LogP contribution in [-0.4, -0.2) is 27.0 Å². The summed E-state index contributed by atoms with van der Waals surface area (Å²) in [6, 6.07) is 21.4. The highest BCUT2D eigenvalue weighted by Gasteiger charge is 2.45. The highest BCUT2D eigenvalue weighted by Crippen LogP contribution is 2.43. The lowest BCUT2D eigenvalue weighted by atomic mass is 9.95. The molecule has 1 amide bonds. The third-order valence-electron chi connectivity index (χ3n) is 6.37. The van der Waals surface area contributed by atoms with Crippen LogP contribution in [0.5, 0.6) is 0 Å². The predicted molar refractivity (Wildman–Crippen MR) is 162 cm³/mol. The van der Waals surface area contributed by atoms with E-state index in [1.165, 1.54) is 34.1 Å². The van der Waals surface area contributed by atoms with Crippen LogP contribution >= 0.6 is 46.3 Å². The molecular formula is C30H23Cl2N3O3S2. The van der Waals surface area contributed by atoms with E-state index in [9.17, 15) is 14.7 Å². The number of aliphatic hydroxyl groups excluding tert-OH is 1. The summed E-state index contributed by atoms with van der Waals surface area (Å²) in [4.78, 5) is 28.2. The van der Waals surface area contributed by atoms with Gasteiger partial charge in [0.25, 0.3) is 5.91 Å². The molecule has 0 aliphatic carbocycles. The topological polar surface area (TPSA) is 83.4 Å². The molecule has 6 nitrogen and oxygen atoms in total. The molecule has 1 aromatic heterocycles. The number of aromatic nitrogens is 2. The number of allylic oxidation sites excluding steroid dienone is 1. The maximum Gasteiger partial charge on any atom is 0.296 e. The Morgan fingerprint density at radius 3 is 2.52 bits per heavy atom. The molecule has 5 rings (SSSR count). The fourth-order valence-corrected chi connectivity index (χ4v) is 6.69. The lowest BCUT2D eigenvalue weighted by Gasteiger charge is -2.24. The molecule has 0 radical (unpaired) electrons. The molecule has 1 aliphatic heterocycles. The summed E-state index contributed by atoms with van der Waals surface area (Å²) in [7, 11) is 0. The third kappa shape index (κ3) is 6.00. The smallest absolute Gasteiger partial charge is 0.296 e. The van der Waals surface area contributed by atoms with Crippen LogP contribution in [0, 0.1) is 0 Å². The van der Waals surface area contributed by atoms with Crippen molar-refractivity contribution in [3.05, 3.63) is 123 Å². The molecule has 4 aromatic rings. The SMILES string of the molecule is CCc1ccc(C2C(C(=O)C=Cc3ccccc3)=C(O)C(=O)N2c2nnc(SCc3ccc(Cl)cc3Cl)s2)cc1. The number of ketones is 1. The van der Waals surface area contributed by atoms with E-state index in [0.717, 1.165) is 23.1 Å². The van der Waals surface area contributed by atoms with Gasteiger partial charge in [-0.05, 0) is 46.9 Å². The number of aryl methyl sites for hydroxylation is 1. The molecule has 0 saturated heterocycles. The summed E-state index contributed by atoms with van der Waals surface area (Å²) in [6.07, 6.45) is 3.88. The van der Waals surface area contributed by atoms with Crippen molar-refractivity contribution in [1.82, 2.24) is 10.2 Å². The van der Waals surface area contributed by atoms with Crippen molar-refractivity contribution in [1.29, 1.82) is 0 Å². The van der Waals surface area contributed by atoms with Crippen LogP contribution in [0.1, 0.15) is 35.2 Å². The fourth-order valence-electron chi connectivity index (χ4n) is 4.27. The number of anilines is 1. The predicted octanol–water partition coefficient (Wildman–Crippen LogP) is 7.88. The van der Waals surface area contributed by atoms with Crippen molar-refractivity contribution < 1.29 is 14.7 Å². The number of carbonyl (C=O) groups excluding carboxylic acids is 2. The zero-order valence-electron chi connectivity index (χ0n) is 21.3. The molecule has 0 fully saturated rings. The molecule has 2 heterocycles. The third-order valence-corrected chi connectivity index (χ3v) is 9.06. The van der Waals surface area contributed by atoms with Crippen LogP contribution in [0.15, 0.2) is 94.5 Å². The van der Waals surface area contributed by atoms with Gasteiger partial charge < -0.3 is 5.11 Å². The summed E-state index contributed by atoms with van der Waals surface area (Å²) in [5, 5.41) is 20.9. The van der Waals surface area contributed by atoms with Crippen LogP contribution in [0.2, 0.25) is 10.0 Å². The molecule has 3 aromatic carbocycles. The van der Waals surface area contributed by atoms with Crippen molar-refractivity contribution in [2.24, 2.45) is 0 Å². The second-order valence-electron chi connectivity index (χ2n) is 8.92. The van der Waals surface area contributed by atoms with Gasteiger partial charge in [-0.25, -0.2) is 0 Å². The number of nitrogens with zero attached hydrogens (tertiary/aromatic N) is 3. The molecule has 0 saturated carbocycles. The number of hydrogen-bond donors (Lipinski definition) is 1. The van der Waals surface area contributed by atoms with Gasteiger partial charge in [0, 0.05) is 15.8 Å². The first-order valence-corrected chi connectivity index (χ1v) is 14.9. The van der Waals surface area contributed by atoms with Crippen LogP contribution < -0.4 is 4.90 Å². The van der Waals surface area contributed by atoms with E-state index in [1.807, 2.05) is 67.6 Å². The molecule has 40 heavy (non-hydrogen) atoms. The number of carbonyl (C=O) groups is 2. The maximum absolute atomic E-state index is 13.4. The van der Waals surface area contributed by atoms with E-state index in [2.05, 4.69) is 10.2 Å². The molecule has 1 atom stereocenters. The Balaban J connectivity index is 1.46. The fraction of sp³-hybridized carbons (Fsp3) is 0.133. The Hall–Kier alpha value is -3.43. The summed E-state index contributed by atoms with van der Waals surface area (Å²) < 4.78 is 0.608. The summed E-state index contributed by atoms with van der Waals surface area (Å²) >= 11 is 14.9. The Bertz CT molecular complexity index is 1620. The molecule has 1 aliphatic rings. The first-order valence-electron chi connectivity index (χ1n) is 12.4. The van der Waals surface area contributed by atoms with Crippen molar-refractivity contribution in [3.8, 4) is 0 Å². The number of amides is 1. The normalized spacial score (nSPS) is 15.4. The minimum atomic E-state index is -0.858. The Labute approximate surface area is 250 Å². The summed E-state index contributed by atoms with van der Waals surface area (Å²) in [6.45, 7) is 2.05. The van der Waals surface area contributed by atoms with Crippen molar-refractivity contribution in [2.45, 2.75) is 29.5 Å². The van der Waals surface area contributed by atoms with Crippen LogP contribution in [-0.2, 0) is 21.8 Å². The second-order valence-corrected chi connectivity index (χ2v) is 11.9. The van der Waals surface area contributed by atoms with Crippen LogP contribution in [0.4, 0.5) is 5.13 Å². The van der Waals surface area contributed by atoms with Crippen LogP contribution in [0.3, 0.4) is 0 Å². The highest BCUT2D eigenvalue weighted by atomic mass is 35.5. The monoisotopic (exact) mass is 607 g/mol. The lowest BCUT2D eigenvalue weighted by Crippen LogP contribution is -2.30. The van der Waals surface area contributed by atoms with E-state index in [4.69, 9.17) is 23.2 Å². The number of rotatable bonds is 9. The van der Waals surface area contributed by atoms with E-state index >= 15 is 0 Å². The zero-order valence-corrected chi connectivity index (χ0v) is 24.4. The van der Waals surface area contributed by atoms with Crippen molar-refractivity contribution in [2.75, 3.05) is 4.90 Å². The summed E-state index contributed by atoms with van der Waals surface area (Å²) in [5.74, 6) is -1.23. The van der Waals surface area contributed by atoms with E-state index in [-0.39, 0.29) is 10.7 Å². The van der Waals surface area contributed by atoms with E-state index in [1.54, 1.807) is 18.2 Å². The van der Waals surface area contributed by atoms with Crippen LogP contribution in [0.25, 0.3) is 6.08 Å².